The molecule has 0 amide bonds. The van der Waals surface area contributed by atoms with Crippen molar-refractivity contribution in [1.82, 2.24) is 10.2 Å². The lowest BCUT2D eigenvalue weighted by molar-refractivity contribution is 0.0313. The molecular formula is C21H20N2O4. The molecule has 0 unspecified atom stereocenters. The zero-order chi connectivity index (χ0) is 19.2. The summed E-state index contributed by atoms with van der Waals surface area (Å²) < 4.78 is 10.6. The Labute approximate surface area is 157 Å². The van der Waals surface area contributed by atoms with Crippen molar-refractivity contribution < 1.29 is 19.1 Å². The molecular weight excluding hydrogens is 344 g/mol. The van der Waals surface area contributed by atoms with Gasteiger partial charge in [-0.3, -0.25) is 9.89 Å². The highest BCUT2D eigenvalue weighted by atomic mass is 16.5. The molecule has 0 aliphatic rings. The summed E-state index contributed by atoms with van der Waals surface area (Å²) in [4.78, 5) is 24.8. The highest BCUT2D eigenvalue weighted by molar-refractivity contribution is 6.01. The molecule has 0 saturated carbocycles. The van der Waals surface area contributed by atoms with Crippen LogP contribution in [-0.2, 0) is 4.74 Å². The van der Waals surface area contributed by atoms with E-state index in [9.17, 15) is 9.59 Å². The first kappa shape index (κ1) is 18.4. The van der Waals surface area contributed by atoms with E-state index in [1.54, 1.807) is 37.3 Å². The Bertz CT molecular complexity index is 917. The van der Waals surface area contributed by atoms with Gasteiger partial charge in [0.05, 0.1) is 12.3 Å². The van der Waals surface area contributed by atoms with Gasteiger partial charge in [0, 0.05) is 11.1 Å². The fourth-order valence-electron chi connectivity index (χ4n) is 2.58. The van der Waals surface area contributed by atoms with Gasteiger partial charge >= 0.3 is 5.97 Å². The zero-order valence-corrected chi connectivity index (χ0v) is 15.1. The maximum atomic E-state index is 12.5. The van der Waals surface area contributed by atoms with Crippen LogP contribution >= 0.6 is 0 Å². The number of Topliss-reactive ketones (excluding diaryl/α,β-unsaturated/α-hetero) is 1. The quantitative estimate of drug-likeness (QED) is 0.508. The number of rotatable bonds is 7. The van der Waals surface area contributed by atoms with Gasteiger partial charge in [-0.15, -0.1) is 0 Å². The normalized spacial score (nSPS) is 11.6. The summed E-state index contributed by atoms with van der Waals surface area (Å²) in [6, 6.07) is 17.8. The van der Waals surface area contributed by atoms with Crippen molar-refractivity contribution in [2.75, 3.05) is 6.61 Å². The lowest BCUT2D eigenvalue weighted by atomic mass is 10.1. The van der Waals surface area contributed by atoms with E-state index in [0.717, 1.165) is 5.56 Å². The van der Waals surface area contributed by atoms with Crippen molar-refractivity contribution in [2.24, 2.45) is 0 Å². The Hall–Kier alpha value is -3.41. The van der Waals surface area contributed by atoms with Gasteiger partial charge in [0.2, 0.25) is 5.78 Å². The summed E-state index contributed by atoms with van der Waals surface area (Å²) in [5.41, 5.74) is 2.16. The number of nitrogens with zero attached hydrogens (tertiary/aromatic N) is 1. The van der Waals surface area contributed by atoms with Crippen molar-refractivity contribution in [3.63, 3.8) is 0 Å². The van der Waals surface area contributed by atoms with Crippen LogP contribution in [0.5, 0.6) is 5.75 Å². The molecule has 3 aromatic rings. The Morgan fingerprint density at radius 2 is 1.78 bits per heavy atom. The minimum atomic E-state index is -0.918. The van der Waals surface area contributed by atoms with Crippen molar-refractivity contribution in [3.05, 3.63) is 71.9 Å². The monoisotopic (exact) mass is 364 g/mol. The van der Waals surface area contributed by atoms with Crippen LogP contribution in [0.4, 0.5) is 0 Å². The average Bonchev–Trinajstić information content (AvgIpc) is 3.19. The minimum absolute atomic E-state index is 0.195. The predicted molar refractivity (Wildman–Crippen MR) is 101 cm³/mol. The number of aromatic nitrogens is 2. The predicted octanol–water partition coefficient (Wildman–Crippen LogP) is 3.90. The standard InChI is InChI=1S/C21H20N2O4/c1-3-26-17-11-9-16(10-12-17)20(24)14(2)27-21(25)19-13-18(22-23-19)15-7-5-4-6-8-15/h4-14H,3H2,1-2H3,(H,22,23)/t14-/m0/s1. The van der Waals surface area contributed by atoms with Gasteiger partial charge in [-0.25, -0.2) is 4.79 Å². The molecule has 0 saturated heterocycles. The molecule has 0 aliphatic heterocycles. The second-order valence-electron chi connectivity index (χ2n) is 5.90. The number of benzene rings is 2. The van der Waals surface area contributed by atoms with E-state index in [1.807, 2.05) is 37.3 Å². The molecule has 1 aromatic heterocycles. The number of hydrogen-bond acceptors (Lipinski definition) is 5. The molecule has 1 heterocycles. The Morgan fingerprint density at radius 1 is 1.07 bits per heavy atom. The second-order valence-corrected chi connectivity index (χ2v) is 5.90. The summed E-state index contributed by atoms with van der Waals surface area (Å²) in [5, 5.41) is 6.78. The highest BCUT2D eigenvalue weighted by Crippen LogP contribution is 2.18. The van der Waals surface area contributed by atoms with Crippen LogP contribution < -0.4 is 4.74 Å². The van der Waals surface area contributed by atoms with Gasteiger partial charge in [0.1, 0.15) is 11.4 Å². The van der Waals surface area contributed by atoms with Crippen LogP contribution in [0.25, 0.3) is 11.3 Å². The van der Waals surface area contributed by atoms with E-state index < -0.39 is 12.1 Å². The lowest BCUT2D eigenvalue weighted by Gasteiger charge is -2.12. The fraction of sp³-hybridized carbons (Fsp3) is 0.190. The van der Waals surface area contributed by atoms with E-state index in [-0.39, 0.29) is 11.5 Å². The van der Waals surface area contributed by atoms with Crippen LogP contribution in [0.1, 0.15) is 34.7 Å². The molecule has 0 fully saturated rings. The molecule has 6 nitrogen and oxygen atoms in total. The van der Waals surface area contributed by atoms with E-state index in [2.05, 4.69) is 10.2 Å². The molecule has 138 valence electrons. The summed E-state index contributed by atoms with van der Waals surface area (Å²) in [5.74, 6) is -0.227. The van der Waals surface area contributed by atoms with Crippen molar-refractivity contribution >= 4 is 11.8 Å². The molecule has 6 heteroatoms. The van der Waals surface area contributed by atoms with Crippen molar-refractivity contribution in [1.29, 1.82) is 0 Å². The number of carbonyl (C=O) groups excluding carboxylic acids is 2. The number of H-pyrrole nitrogens is 1. The lowest BCUT2D eigenvalue weighted by Crippen LogP contribution is -2.24. The van der Waals surface area contributed by atoms with Gasteiger partial charge in [0.25, 0.3) is 0 Å². The molecule has 27 heavy (non-hydrogen) atoms. The van der Waals surface area contributed by atoms with Crippen molar-refractivity contribution in [2.45, 2.75) is 20.0 Å². The van der Waals surface area contributed by atoms with E-state index >= 15 is 0 Å². The van der Waals surface area contributed by atoms with Gasteiger partial charge in [-0.05, 0) is 44.2 Å². The van der Waals surface area contributed by atoms with Gasteiger partial charge in [0.15, 0.2) is 6.10 Å². The zero-order valence-electron chi connectivity index (χ0n) is 15.1. The number of ether oxygens (including phenoxy) is 2. The SMILES string of the molecule is CCOc1ccc(C(=O)[C@H](C)OC(=O)c2cc(-c3ccccc3)n[nH]2)cc1. The molecule has 1 N–H and O–H groups in total. The number of hydrogen-bond donors (Lipinski definition) is 1. The maximum Gasteiger partial charge on any atom is 0.357 e. The number of aromatic amines is 1. The first-order valence-corrected chi connectivity index (χ1v) is 8.67. The van der Waals surface area contributed by atoms with E-state index in [0.29, 0.717) is 23.6 Å². The Balaban J connectivity index is 1.65. The van der Waals surface area contributed by atoms with Crippen LogP contribution in [0.3, 0.4) is 0 Å². The molecule has 3 rings (SSSR count). The molecule has 1 atom stereocenters. The topological polar surface area (TPSA) is 81.3 Å². The summed E-state index contributed by atoms with van der Waals surface area (Å²) in [6.45, 7) is 3.99. The third-order valence-electron chi connectivity index (χ3n) is 3.97. The first-order valence-electron chi connectivity index (χ1n) is 8.67. The summed E-state index contributed by atoms with van der Waals surface area (Å²) >= 11 is 0. The Kier molecular flexibility index (Phi) is 5.66. The van der Waals surface area contributed by atoms with Crippen LogP contribution in [0.15, 0.2) is 60.7 Å². The third-order valence-corrected chi connectivity index (χ3v) is 3.97. The summed E-state index contributed by atoms with van der Waals surface area (Å²) in [6.07, 6.45) is -0.918. The maximum absolute atomic E-state index is 12.5. The highest BCUT2D eigenvalue weighted by Gasteiger charge is 2.22. The van der Waals surface area contributed by atoms with Crippen LogP contribution in [-0.4, -0.2) is 34.7 Å². The molecule has 0 spiro atoms. The van der Waals surface area contributed by atoms with Gasteiger partial charge in [-0.2, -0.15) is 5.10 Å². The minimum Gasteiger partial charge on any atom is -0.494 e. The molecule has 0 radical (unpaired) electrons. The third kappa shape index (κ3) is 4.41. The Morgan fingerprint density at radius 3 is 2.44 bits per heavy atom. The fourth-order valence-corrected chi connectivity index (χ4v) is 2.58. The molecule has 2 aromatic carbocycles. The number of esters is 1. The van der Waals surface area contributed by atoms with E-state index in [4.69, 9.17) is 9.47 Å². The van der Waals surface area contributed by atoms with Crippen LogP contribution in [0, 0.1) is 0 Å². The summed E-state index contributed by atoms with van der Waals surface area (Å²) in [7, 11) is 0. The average molecular weight is 364 g/mol. The van der Waals surface area contributed by atoms with E-state index in [1.165, 1.54) is 0 Å². The first-order chi connectivity index (χ1) is 13.1. The number of carbonyl (C=O) groups is 2. The smallest absolute Gasteiger partial charge is 0.357 e. The van der Waals surface area contributed by atoms with Gasteiger partial charge < -0.3 is 9.47 Å². The van der Waals surface area contributed by atoms with Crippen molar-refractivity contribution in [3.8, 4) is 17.0 Å². The van der Waals surface area contributed by atoms with Gasteiger partial charge in [-0.1, -0.05) is 30.3 Å². The van der Waals surface area contributed by atoms with Crippen LogP contribution in [0.2, 0.25) is 0 Å². The number of ketones is 1. The largest absolute Gasteiger partial charge is 0.494 e. The molecule has 0 bridgehead atoms. The molecule has 0 aliphatic carbocycles. The number of nitrogens with one attached hydrogen (secondary N) is 1. The second kappa shape index (κ2) is 8.31.